The van der Waals surface area contributed by atoms with Gasteiger partial charge in [0.2, 0.25) is 0 Å². The maximum Gasteiger partial charge on any atom is 0.262 e. The van der Waals surface area contributed by atoms with Gasteiger partial charge in [-0.2, -0.15) is 0 Å². The first kappa shape index (κ1) is 13.5. The summed E-state index contributed by atoms with van der Waals surface area (Å²) in [5.41, 5.74) is 3.03. The monoisotopic (exact) mass is 308 g/mol. The van der Waals surface area contributed by atoms with Crippen molar-refractivity contribution in [2.45, 2.75) is 6.54 Å². The van der Waals surface area contributed by atoms with Crippen molar-refractivity contribution in [1.82, 2.24) is 14.5 Å². The van der Waals surface area contributed by atoms with E-state index in [1.54, 1.807) is 0 Å². The van der Waals surface area contributed by atoms with Gasteiger partial charge in [0.25, 0.3) is 6.62 Å². The molecule has 4 nitrogen and oxygen atoms in total. The van der Waals surface area contributed by atoms with Gasteiger partial charge in [-0.1, -0.05) is 0 Å². The molecule has 3 heterocycles. The van der Waals surface area contributed by atoms with Crippen LogP contribution in [-0.4, -0.2) is 26.2 Å². The summed E-state index contributed by atoms with van der Waals surface area (Å²) in [5.74, 6) is 0. The van der Waals surface area contributed by atoms with Crippen LogP contribution >= 0.6 is 17.9 Å². The Bertz CT molecular complexity index is 626. The van der Waals surface area contributed by atoms with Crippen LogP contribution < -0.4 is 16.3 Å². The Balaban J connectivity index is 2.18. The number of H-pyrrole nitrogens is 2. The fourth-order valence-corrected chi connectivity index (χ4v) is 6.13. The van der Waals surface area contributed by atoms with Crippen molar-refractivity contribution in [1.29, 1.82) is 0 Å². The lowest BCUT2D eigenvalue weighted by atomic mass is 10.7. The Labute approximate surface area is 122 Å². The highest BCUT2D eigenvalue weighted by Crippen LogP contribution is 2.59. The lowest BCUT2D eigenvalue weighted by molar-refractivity contribution is 0.277. The van der Waals surface area contributed by atoms with Gasteiger partial charge in [0.1, 0.15) is 11.2 Å². The number of aliphatic hydroxyl groups is 1. The van der Waals surface area contributed by atoms with Gasteiger partial charge < -0.3 is 19.6 Å². The molecule has 0 aliphatic carbocycles. The quantitative estimate of drug-likeness (QED) is 0.616. The van der Waals surface area contributed by atoms with Crippen molar-refractivity contribution in [3.63, 3.8) is 0 Å². The minimum atomic E-state index is -2.24. The largest absolute Gasteiger partial charge is 0.395 e. The molecule has 0 bridgehead atoms. The second kappa shape index (κ2) is 5.49. The van der Waals surface area contributed by atoms with Gasteiger partial charge in [-0.3, -0.25) is 0 Å². The summed E-state index contributed by atoms with van der Waals surface area (Å²) in [7, 11) is 0. The molecule has 0 saturated carbocycles. The van der Waals surface area contributed by atoms with Crippen molar-refractivity contribution in [3.8, 4) is 0 Å². The van der Waals surface area contributed by atoms with Gasteiger partial charge in [0.15, 0.2) is 16.3 Å². The Hall–Kier alpha value is -1.48. The highest BCUT2D eigenvalue weighted by Gasteiger charge is 2.49. The number of aromatic amines is 2. The third-order valence-corrected chi connectivity index (χ3v) is 7.82. The molecule has 20 heavy (non-hydrogen) atoms. The summed E-state index contributed by atoms with van der Waals surface area (Å²) in [6, 6.07) is 11.9. The maximum absolute atomic E-state index is 9.22. The third kappa shape index (κ3) is 2.10. The van der Waals surface area contributed by atoms with E-state index in [2.05, 4.69) is 9.97 Å². The predicted molar refractivity (Wildman–Crippen MR) is 84.8 cm³/mol. The van der Waals surface area contributed by atoms with Crippen molar-refractivity contribution >= 4 is 34.2 Å². The Morgan fingerprint density at radius 2 is 1.70 bits per heavy atom. The highest BCUT2D eigenvalue weighted by atomic mass is 35.7. The molecule has 0 unspecified atom stereocenters. The van der Waals surface area contributed by atoms with Crippen LogP contribution in [0.4, 0.5) is 0 Å². The number of aromatic nitrogens is 3. The van der Waals surface area contributed by atoms with Gasteiger partial charge in [-0.15, -0.1) is 0 Å². The Morgan fingerprint density at radius 3 is 2.20 bits per heavy atom. The fraction of sp³-hybridized carbons (Fsp3) is 0.143. The van der Waals surface area contributed by atoms with Crippen LogP contribution in [0.15, 0.2) is 55.0 Å². The van der Waals surface area contributed by atoms with Crippen LogP contribution in [-0.2, 0) is 6.54 Å². The lowest BCUT2D eigenvalue weighted by Gasteiger charge is -2.17. The number of halogens is 1. The van der Waals surface area contributed by atoms with E-state index in [1.807, 2.05) is 59.6 Å². The molecule has 104 valence electrons. The Morgan fingerprint density at radius 1 is 1.05 bits per heavy atom. The summed E-state index contributed by atoms with van der Waals surface area (Å²) in [6.07, 6.45) is 5.72. The molecule has 0 aliphatic heterocycles. The predicted octanol–water partition coefficient (Wildman–Crippen LogP) is 1.58. The molecule has 6 heteroatoms. The van der Waals surface area contributed by atoms with E-state index in [4.69, 9.17) is 11.2 Å². The number of hydrogen-bond acceptors (Lipinski definition) is 1. The average Bonchev–Trinajstić information content (AvgIpc) is 3.20. The highest BCUT2D eigenvalue weighted by molar-refractivity contribution is 8.14. The first-order chi connectivity index (χ1) is 9.76. The molecule has 0 fully saturated rings. The standard InChI is InChI=1S/C14H16ClN3OP/c15-20(12-4-1-7-16-12,13-5-2-8-17-13)14-6-3-9-18(14)10-11-19/h1-9,16-17,19H,10-11H2/q+1. The number of nitrogens with one attached hydrogen (secondary N) is 2. The smallest absolute Gasteiger partial charge is 0.262 e. The fourth-order valence-electron chi connectivity index (χ4n) is 2.38. The van der Waals surface area contributed by atoms with E-state index in [0.717, 1.165) is 16.3 Å². The summed E-state index contributed by atoms with van der Waals surface area (Å²) in [4.78, 5) is 6.49. The van der Waals surface area contributed by atoms with E-state index in [0.29, 0.717) is 6.54 Å². The third-order valence-electron chi connectivity index (χ3n) is 3.29. The topological polar surface area (TPSA) is 56.7 Å². The second-order valence-corrected chi connectivity index (χ2v) is 8.60. The van der Waals surface area contributed by atoms with E-state index in [1.165, 1.54) is 0 Å². The molecule has 0 spiro atoms. The lowest BCUT2D eigenvalue weighted by Crippen LogP contribution is -2.33. The normalized spacial score (nSPS) is 11.9. The van der Waals surface area contributed by atoms with Crippen LogP contribution in [0.3, 0.4) is 0 Å². The molecule has 3 N–H and O–H groups in total. The van der Waals surface area contributed by atoms with Gasteiger partial charge >= 0.3 is 0 Å². The molecular weight excluding hydrogens is 293 g/mol. The molecule has 0 saturated heterocycles. The average molecular weight is 309 g/mol. The minimum absolute atomic E-state index is 0.0913. The summed E-state index contributed by atoms with van der Waals surface area (Å²) in [5, 5.41) is 9.22. The molecular formula is C14H16ClN3OP+. The number of hydrogen-bond donors (Lipinski definition) is 3. The molecule has 0 radical (unpaired) electrons. The van der Waals surface area contributed by atoms with E-state index in [9.17, 15) is 5.11 Å². The maximum atomic E-state index is 9.22. The number of aliphatic hydroxyl groups excluding tert-OH is 1. The molecule has 3 aromatic heterocycles. The number of rotatable bonds is 5. The van der Waals surface area contributed by atoms with Gasteiger partial charge in [-0.05, 0) is 18.2 Å². The van der Waals surface area contributed by atoms with Crippen molar-refractivity contribution in [2.24, 2.45) is 0 Å². The van der Waals surface area contributed by atoms with Crippen molar-refractivity contribution in [2.75, 3.05) is 6.61 Å². The zero-order chi connectivity index (χ0) is 14.0. The van der Waals surface area contributed by atoms with Crippen LogP contribution in [0.25, 0.3) is 0 Å². The molecule has 0 aromatic carbocycles. The molecule has 0 aliphatic rings. The molecule has 3 rings (SSSR count). The Kier molecular flexibility index (Phi) is 3.70. The van der Waals surface area contributed by atoms with Gasteiger partial charge in [-0.25, -0.2) is 0 Å². The summed E-state index contributed by atoms with van der Waals surface area (Å²) < 4.78 is 2.02. The van der Waals surface area contributed by atoms with Crippen LogP contribution in [0.5, 0.6) is 0 Å². The van der Waals surface area contributed by atoms with Crippen LogP contribution in [0, 0.1) is 0 Å². The minimum Gasteiger partial charge on any atom is -0.395 e. The zero-order valence-corrected chi connectivity index (χ0v) is 12.5. The number of nitrogens with zero attached hydrogens (tertiary/aromatic N) is 1. The van der Waals surface area contributed by atoms with Crippen molar-refractivity contribution < 1.29 is 5.11 Å². The SMILES string of the molecule is OCCn1cccc1[P+](Cl)(c1ccc[nH]1)c1ccc[nH]1. The molecule has 3 aromatic rings. The van der Waals surface area contributed by atoms with E-state index >= 15 is 0 Å². The second-order valence-electron chi connectivity index (χ2n) is 4.48. The molecule has 0 amide bonds. The van der Waals surface area contributed by atoms with Crippen molar-refractivity contribution in [3.05, 3.63) is 55.0 Å². The molecule has 0 atom stereocenters. The van der Waals surface area contributed by atoms with Crippen LogP contribution in [0.1, 0.15) is 0 Å². The van der Waals surface area contributed by atoms with Gasteiger partial charge in [0, 0.05) is 43.3 Å². The van der Waals surface area contributed by atoms with E-state index in [-0.39, 0.29) is 6.61 Å². The summed E-state index contributed by atoms with van der Waals surface area (Å²) in [6.45, 7) is -1.61. The zero-order valence-electron chi connectivity index (χ0n) is 10.8. The van der Waals surface area contributed by atoms with Gasteiger partial charge in [0.05, 0.1) is 6.61 Å². The summed E-state index contributed by atoms with van der Waals surface area (Å²) >= 11 is 7.13. The first-order valence-electron chi connectivity index (χ1n) is 6.40. The van der Waals surface area contributed by atoms with Crippen LogP contribution in [0.2, 0.25) is 0 Å². The van der Waals surface area contributed by atoms with E-state index < -0.39 is 6.62 Å². The first-order valence-corrected chi connectivity index (χ1v) is 9.09.